The van der Waals surface area contributed by atoms with Crippen molar-refractivity contribution in [1.29, 1.82) is 0 Å². The predicted octanol–water partition coefficient (Wildman–Crippen LogP) is 9.66. The first-order valence-electron chi connectivity index (χ1n) is 12.7. The molecule has 1 nitrogen and oxygen atoms in total. The normalized spacial score (nSPS) is 18.1. The van der Waals surface area contributed by atoms with Crippen LogP contribution in [0, 0.1) is 58.4 Å². The summed E-state index contributed by atoms with van der Waals surface area (Å²) in [6.45, 7) is 3.38. The largest absolute Gasteiger partial charge is 0.487 e. The third kappa shape index (κ3) is 6.12. The quantitative estimate of drug-likeness (QED) is 0.168. The molecule has 2 aromatic rings. The van der Waals surface area contributed by atoms with Gasteiger partial charge in [0.15, 0.2) is 40.7 Å². The molecule has 0 spiro atoms. The molecule has 1 fully saturated rings. The molecule has 0 amide bonds. The van der Waals surface area contributed by atoms with Crippen LogP contribution >= 0.6 is 0 Å². The van der Waals surface area contributed by atoms with E-state index in [2.05, 4.69) is 11.7 Å². The minimum Gasteiger partial charge on any atom is -0.487 e. The Balaban J connectivity index is 1.92. The molecule has 1 saturated carbocycles. The van der Waals surface area contributed by atoms with E-state index in [-0.39, 0.29) is 18.9 Å². The Hall–Kier alpha value is -2.58. The highest BCUT2D eigenvalue weighted by Crippen LogP contribution is 2.41. The third-order valence-electron chi connectivity index (χ3n) is 6.86. The molecule has 9 heteroatoms. The molecule has 0 saturated heterocycles. The van der Waals surface area contributed by atoms with Crippen LogP contribution in [0.2, 0.25) is 0 Å². The van der Waals surface area contributed by atoms with E-state index in [9.17, 15) is 35.1 Å². The van der Waals surface area contributed by atoms with E-state index in [4.69, 9.17) is 0 Å². The summed E-state index contributed by atoms with van der Waals surface area (Å²) in [5.41, 5.74) is -4.85. The van der Waals surface area contributed by atoms with Gasteiger partial charge in [-0.25, -0.2) is 26.3 Å². The van der Waals surface area contributed by atoms with Gasteiger partial charge in [-0.15, -0.1) is 0 Å². The summed E-state index contributed by atoms with van der Waals surface area (Å²) in [4.78, 5) is 0. The van der Waals surface area contributed by atoms with Gasteiger partial charge in [0.1, 0.15) is 0 Å². The Bertz CT molecular complexity index is 1080. The number of hydrogen-bond donors (Lipinski definition) is 0. The Morgan fingerprint density at radius 3 is 1.65 bits per heavy atom. The van der Waals surface area contributed by atoms with E-state index >= 15 is 0 Å². The molecule has 1 aliphatic rings. The minimum absolute atomic E-state index is 0.0548. The maximum absolute atomic E-state index is 14.9. The molecule has 0 radical (unpaired) electrons. The van der Waals surface area contributed by atoms with E-state index < -0.39 is 69.0 Å². The molecular formula is C28H30F8O. The predicted molar refractivity (Wildman–Crippen MR) is 126 cm³/mol. The van der Waals surface area contributed by atoms with Crippen LogP contribution < -0.4 is 4.74 Å². The summed E-state index contributed by atoms with van der Waals surface area (Å²) < 4.78 is 122. The molecule has 0 unspecified atom stereocenters. The fourth-order valence-corrected chi connectivity index (χ4v) is 4.76. The number of benzene rings is 2. The molecule has 0 bridgehead atoms. The molecule has 2 aromatic carbocycles. The zero-order valence-corrected chi connectivity index (χ0v) is 20.8. The van der Waals surface area contributed by atoms with Crippen molar-refractivity contribution >= 4 is 6.08 Å². The lowest BCUT2D eigenvalue weighted by Gasteiger charge is -2.26. The number of hydrogen-bond acceptors (Lipinski definition) is 1. The number of allylic oxidation sites excluding steroid dienone is 1. The standard InChI is InChI=1S/C28H30F8O/c1-3-5-6-7-15-8-10-16(11-9-15)12-13-17-20(29)22(31)18(23(32)21(17)30)19-24(33)26(35)28(37-14-4-2)27(36)25(19)34/h12-13,15-16H,3-11,14H2,1-2H3/b13-12+. The van der Waals surface area contributed by atoms with Crippen LogP contribution in [-0.2, 0) is 0 Å². The molecule has 1 aliphatic carbocycles. The van der Waals surface area contributed by atoms with E-state index in [0.717, 1.165) is 57.4 Å². The molecule has 204 valence electrons. The third-order valence-corrected chi connectivity index (χ3v) is 6.86. The van der Waals surface area contributed by atoms with Gasteiger partial charge in [0.05, 0.1) is 23.3 Å². The Labute approximate surface area is 211 Å². The summed E-state index contributed by atoms with van der Waals surface area (Å²) >= 11 is 0. The van der Waals surface area contributed by atoms with Crippen molar-refractivity contribution < 1.29 is 39.9 Å². The first-order chi connectivity index (χ1) is 17.6. The van der Waals surface area contributed by atoms with Crippen LogP contribution in [0.25, 0.3) is 17.2 Å². The molecular weight excluding hydrogens is 504 g/mol. The smallest absolute Gasteiger partial charge is 0.204 e. The van der Waals surface area contributed by atoms with Gasteiger partial charge in [0.2, 0.25) is 11.6 Å². The minimum atomic E-state index is -2.24. The second-order valence-electron chi connectivity index (χ2n) is 9.49. The average molecular weight is 535 g/mol. The fraction of sp³-hybridized carbons (Fsp3) is 0.500. The monoisotopic (exact) mass is 534 g/mol. The molecule has 0 heterocycles. The van der Waals surface area contributed by atoms with Gasteiger partial charge >= 0.3 is 0 Å². The maximum Gasteiger partial charge on any atom is 0.204 e. The fourth-order valence-electron chi connectivity index (χ4n) is 4.76. The molecule has 37 heavy (non-hydrogen) atoms. The van der Waals surface area contributed by atoms with Gasteiger partial charge in [-0.05, 0) is 43.9 Å². The molecule has 0 aliphatic heterocycles. The first kappa shape index (κ1) is 29.0. The van der Waals surface area contributed by atoms with Gasteiger partial charge in [-0.3, -0.25) is 0 Å². The summed E-state index contributed by atoms with van der Waals surface area (Å²) in [7, 11) is 0. The first-order valence-corrected chi connectivity index (χ1v) is 12.7. The van der Waals surface area contributed by atoms with Crippen molar-refractivity contribution in [2.75, 3.05) is 6.61 Å². The summed E-state index contributed by atoms with van der Waals surface area (Å²) in [6, 6.07) is 0. The molecule has 3 rings (SSSR count). The van der Waals surface area contributed by atoms with Crippen LogP contribution in [0.1, 0.15) is 77.2 Å². The number of ether oxygens (including phenoxy) is 1. The summed E-state index contributed by atoms with van der Waals surface area (Å²) in [5.74, 6) is -17.7. The molecule has 0 N–H and O–H groups in total. The lowest BCUT2D eigenvalue weighted by Crippen LogP contribution is -2.13. The highest BCUT2D eigenvalue weighted by atomic mass is 19.2. The summed E-state index contributed by atoms with van der Waals surface area (Å²) in [5, 5.41) is 0. The molecule has 0 atom stereocenters. The van der Waals surface area contributed by atoms with Gasteiger partial charge in [0.25, 0.3) is 0 Å². The Kier molecular flexibility index (Phi) is 10.0. The summed E-state index contributed by atoms with van der Waals surface area (Å²) in [6.07, 6.45) is 10.5. The highest BCUT2D eigenvalue weighted by Gasteiger charge is 2.34. The van der Waals surface area contributed by atoms with Crippen molar-refractivity contribution in [2.45, 2.75) is 71.6 Å². The topological polar surface area (TPSA) is 9.23 Å². The van der Waals surface area contributed by atoms with Crippen molar-refractivity contribution in [2.24, 2.45) is 11.8 Å². The van der Waals surface area contributed by atoms with E-state index in [1.807, 2.05) is 0 Å². The van der Waals surface area contributed by atoms with Crippen LogP contribution in [0.3, 0.4) is 0 Å². The Morgan fingerprint density at radius 2 is 1.16 bits per heavy atom. The van der Waals surface area contributed by atoms with E-state index in [1.165, 1.54) is 6.08 Å². The van der Waals surface area contributed by atoms with Crippen molar-refractivity contribution in [3.05, 3.63) is 58.2 Å². The van der Waals surface area contributed by atoms with Gasteiger partial charge in [0, 0.05) is 0 Å². The zero-order valence-electron chi connectivity index (χ0n) is 20.8. The van der Waals surface area contributed by atoms with Crippen LogP contribution in [0.15, 0.2) is 6.08 Å². The zero-order chi connectivity index (χ0) is 27.3. The SMILES string of the molecule is CCCCCC1CCC(/C=C/c2c(F)c(F)c(-c3c(F)c(F)c(OCCC)c(F)c3F)c(F)c2F)CC1. The van der Waals surface area contributed by atoms with Gasteiger partial charge in [-0.2, -0.15) is 8.78 Å². The maximum atomic E-state index is 14.9. The van der Waals surface area contributed by atoms with Gasteiger partial charge in [-0.1, -0.05) is 51.7 Å². The van der Waals surface area contributed by atoms with Crippen molar-refractivity contribution in [1.82, 2.24) is 0 Å². The Morgan fingerprint density at radius 1 is 0.649 bits per heavy atom. The number of halogens is 8. The van der Waals surface area contributed by atoms with Crippen molar-refractivity contribution in [3.63, 3.8) is 0 Å². The second-order valence-corrected chi connectivity index (χ2v) is 9.49. The van der Waals surface area contributed by atoms with Crippen LogP contribution in [0.4, 0.5) is 35.1 Å². The van der Waals surface area contributed by atoms with E-state index in [1.54, 1.807) is 6.92 Å². The average Bonchev–Trinajstić information content (AvgIpc) is 2.89. The lowest BCUT2D eigenvalue weighted by molar-refractivity contribution is 0.272. The van der Waals surface area contributed by atoms with Crippen molar-refractivity contribution in [3.8, 4) is 16.9 Å². The van der Waals surface area contributed by atoms with Crippen LogP contribution in [0.5, 0.6) is 5.75 Å². The highest BCUT2D eigenvalue weighted by molar-refractivity contribution is 5.70. The number of unbranched alkanes of at least 4 members (excludes halogenated alkanes) is 2. The number of rotatable bonds is 10. The van der Waals surface area contributed by atoms with E-state index in [0.29, 0.717) is 5.92 Å². The second kappa shape index (κ2) is 12.8. The van der Waals surface area contributed by atoms with Gasteiger partial charge < -0.3 is 4.74 Å². The lowest BCUT2D eigenvalue weighted by atomic mass is 9.79. The van der Waals surface area contributed by atoms with Crippen LogP contribution in [-0.4, -0.2) is 6.61 Å². The molecule has 0 aromatic heterocycles.